The Bertz CT molecular complexity index is 479. The standard InChI is InChI=1S/C22H40F2Si2/c1-21(2,3)25(23,19-13-9-7-10-14-19)17-18-26(24,22(4,5)6)20-15-11-8-12-16-20/h19-20H,7-16H2,1-6H3. The van der Waals surface area contributed by atoms with E-state index >= 15 is 8.22 Å². The minimum absolute atomic E-state index is 0.0910. The van der Waals surface area contributed by atoms with Crippen LogP contribution in [0.3, 0.4) is 0 Å². The fourth-order valence-corrected chi connectivity index (χ4v) is 12.5. The molecule has 0 aliphatic heterocycles. The molecule has 0 spiro atoms. The molecule has 2 saturated carbocycles. The van der Waals surface area contributed by atoms with Gasteiger partial charge in [-0.25, -0.2) is 0 Å². The largest absolute Gasteiger partial charge is 0.330 e. The quantitative estimate of drug-likeness (QED) is 0.250. The molecule has 2 unspecified atom stereocenters. The predicted molar refractivity (Wildman–Crippen MR) is 115 cm³/mol. The monoisotopic (exact) mass is 398 g/mol. The normalized spacial score (nSPS) is 25.7. The van der Waals surface area contributed by atoms with E-state index in [1.807, 2.05) is 41.5 Å². The highest BCUT2D eigenvalue weighted by Gasteiger charge is 2.55. The summed E-state index contributed by atoms with van der Waals surface area (Å²) in [6, 6.07) is 0. The molecule has 0 heterocycles. The van der Waals surface area contributed by atoms with Crippen LogP contribution in [0.15, 0.2) is 0 Å². The fraction of sp³-hybridized carbons (Fsp3) is 0.909. The smallest absolute Gasteiger partial charge is 0.296 e. The third-order valence-electron chi connectivity index (χ3n) is 6.94. The Labute approximate surface area is 163 Å². The van der Waals surface area contributed by atoms with E-state index in [1.54, 1.807) is 0 Å². The van der Waals surface area contributed by atoms with Crippen molar-refractivity contribution in [2.75, 3.05) is 0 Å². The van der Waals surface area contributed by atoms with Crippen LogP contribution in [0.5, 0.6) is 0 Å². The Balaban J connectivity index is 2.42. The molecule has 26 heavy (non-hydrogen) atoms. The number of hydrogen-bond acceptors (Lipinski definition) is 0. The van der Waals surface area contributed by atoms with Crippen LogP contribution < -0.4 is 0 Å². The summed E-state index contributed by atoms with van der Waals surface area (Å²) < 4.78 is 33.0. The van der Waals surface area contributed by atoms with Crippen LogP contribution in [-0.4, -0.2) is 16.8 Å². The van der Waals surface area contributed by atoms with Crippen LogP contribution in [0.2, 0.25) is 21.2 Å². The van der Waals surface area contributed by atoms with E-state index in [0.29, 0.717) is 0 Å². The summed E-state index contributed by atoms with van der Waals surface area (Å²) in [6.07, 6.45) is 10.7. The molecule has 2 rings (SSSR count). The Hall–Kier alpha value is -0.146. The van der Waals surface area contributed by atoms with Gasteiger partial charge in [-0.3, -0.25) is 8.22 Å². The number of hydrogen-bond donors (Lipinski definition) is 0. The maximum absolute atomic E-state index is 16.5. The second kappa shape index (κ2) is 8.07. The molecular weight excluding hydrogens is 358 g/mol. The van der Waals surface area contributed by atoms with Gasteiger partial charge in [-0.2, -0.15) is 0 Å². The van der Waals surface area contributed by atoms with Crippen LogP contribution in [0, 0.1) is 11.1 Å². The summed E-state index contributed by atoms with van der Waals surface area (Å²) >= 11 is 0. The van der Waals surface area contributed by atoms with Gasteiger partial charge in [0, 0.05) is 0 Å². The molecule has 2 atom stereocenters. The van der Waals surface area contributed by atoms with Crippen molar-refractivity contribution in [3.05, 3.63) is 0 Å². The average molecular weight is 399 g/mol. The zero-order valence-electron chi connectivity index (χ0n) is 18.0. The highest BCUT2D eigenvalue weighted by Crippen LogP contribution is 2.52. The molecule has 0 radical (unpaired) electrons. The van der Waals surface area contributed by atoms with Crippen LogP contribution in [-0.2, 0) is 0 Å². The summed E-state index contributed by atoms with van der Waals surface area (Å²) in [7, 11) is -6.74. The molecular formula is C22H40F2Si2. The molecule has 0 amide bonds. The summed E-state index contributed by atoms with van der Waals surface area (Å²) in [4.78, 5) is 0. The van der Waals surface area contributed by atoms with Gasteiger partial charge in [0.25, 0.3) is 0 Å². The lowest BCUT2D eigenvalue weighted by atomic mass is 10.0. The van der Waals surface area contributed by atoms with Gasteiger partial charge in [-0.15, -0.1) is 0 Å². The molecule has 0 N–H and O–H groups in total. The molecule has 0 aromatic carbocycles. The maximum Gasteiger partial charge on any atom is 0.330 e. The van der Waals surface area contributed by atoms with Gasteiger partial charge in [0.15, 0.2) is 0 Å². The summed E-state index contributed by atoms with van der Waals surface area (Å²) in [5.74, 6) is 0. The first kappa shape index (κ1) is 22.1. The van der Waals surface area contributed by atoms with Crippen molar-refractivity contribution in [1.82, 2.24) is 0 Å². The lowest BCUT2D eigenvalue weighted by molar-refractivity contribution is 0.452. The Morgan fingerprint density at radius 3 is 1.08 bits per heavy atom. The molecule has 4 heteroatoms. The Kier molecular flexibility index (Phi) is 6.88. The third kappa shape index (κ3) is 4.46. The van der Waals surface area contributed by atoms with E-state index in [-0.39, 0.29) is 11.1 Å². The molecule has 0 aromatic rings. The average Bonchev–Trinajstić information content (AvgIpc) is 2.59. The first-order valence-corrected chi connectivity index (χ1v) is 14.7. The summed E-state index contributed by atoms with van der Waals surface area (Å²) in [5, 5.41) is -0.885. The lowest BCUT2D eigenvalue weighted by Gasteiger charge is -2.41. The summed E-state index contributed by atoms with van der Waals surface area (Å²) in [5.41, 5.74) is 6.50. The topological polar surface area (TPSA) is 0 Å². The van der Waals surface area contributed by atoms with E-state index in [2.05, 4.69) is 11.1 Å². The zero-order chi connectivity index (χ0) is 19.6. The zero-order valence-corrected chi connectivity index (χ0v) is 20.0. The summed E-state index contributed by atoms with van der Waals surface area (Å²) in [6.45, 7) is 12.0. The maximum atomic E-state index is 16.5. The van der Waals surface area contributed by atoms with Gasteiger partial charge in [0.2, 0.25) is 0 Å². The van der Waals surface area contributed by atoms with E-state index in [1.165, 1.54) is 12.8 Å². The van der Waals surface area contributed by atoms with Crippen molar-refractivity contribution in [3.8, 4) is 11.1 Å². The first-order valence-electron chi connectivity index (χ1n) is 10.8. The minimum Gasteiger partial charge on any atom is -0.296 e. The van der Waals surface area contributed by atoms with Gasteiger partial charge in [-0.05, 0) is 46.8 Å². The molecule has 0 nitrogen and oxygen atoms in total. The van der Waals surface area contributed by atoms with Gasteiger partial charge in [0.1, 0.15) is 0 Å². The predicted octanol–water partition coefficient (Wildman–Crippen LogP) is 8.17. The van der Waals surface area contributed by atoms with Crippen LogP contribution in [0.25, 0.3) is 0 Å². The number of halogens is 2. The Morgan fingerprint density at radius 2 is 0.846 bits per heavy atom. The molecule has 0 saturated heterocycles. The van der Waals surface area contributed by atoms with Crippen molar-refractivity contribution in [2.45, 2.75) is 127 Å². The van der Waals surface area contributed by atoms with Crippen molar-refractivity contribution < 1.29 is 8.22 Å². The second-order valence-corrected chi connectivity index (χ2v) is 18.8. The molecule has 2 fully saturated rings. The molecule has 150 valence electrons. The third-order valence-corrected chi connectivity index (χ3v) is 15.9. The van der Waals surface area contributed by atoms with E-state index in [0.717, 1.165) is 51.4 Å². The minimum atomic E-state index is -3.37. The van der Waals surface area contributed by atoms with Crippen molar-refractivity contribution in [1.29, 1.82) is 0 Å². The van der Waals surface area contributed by atoms with Crippen LogP contribution >= 0.6 is 0 Å². The SMILES string of the molecule is CC(C)(C)[Si](F)(C#C[Si](F)(C1CCCCC1)C(C)(C)C)C1CCCCC1. The van der Waals surface area contributed by atoms with Crippen molar-refractivity contribution in [2.24, 2.45) is 0 Å². The first-order chi connectivity index (χ1) is 11.9. The van der Waals surface area contributed by atoms with Gasteiger partial charge in [0.05, 0.1) is 0 Å². The highest BCUT2D eigenvalue weighted by molar-refractivity contribution is 6.90. The van der Waals surface area contributed by atoms with Crippen molar-refractivity contribution in [3.63, 3.8) is 0 Å². The van der Waals surface area contributed by atoms with E-state index < -0.39 is 26.9 Å². The second-order valence-electron chi connectivity index (χ2n) is 10.8. The van der Waals surface area contributed by atoms with Crippen molar-refractivity contribution >= 4 is 16.8 Å². The van der Waals surface area contributed by atoms with Gasteiger partial charge in [-0.1, -0.05) is 91.2 Å². The van der Waals surface area contributed by atoms with E-state index in [9.17, 15) is 0 Å². The Morgan fingerprint density at radius 1 is 0.577 bits per heavy atom. The van der Waals surface area contributed by atoms with E-state index in [4.69, 9.17) is 0 Å². The highest BCUT2D eigenvalue weighted by atomic mass is 28.4. The molecule has 0 bridgehead atoms. The molecule has 2 aliphatic rings. The molecule has 0 aromatic heterocycles. The lowest BCUT2D eigenvalue weighted by Crippen LogP contribution is -2.48. The van der Waals surface area contributed by atoms with Crippen LogP contribution in [0.4, 0.5) is 8.22 Å². The van der Waals surface area contributed by atoms with Gasteiger partial charge < -0.3 is 0 Å². The van der Waals surface area contributed by atoms with Gasteiger partial charge >= 0.3 is 16.8 Å². The molecule has 2 aliphatic carbocycles. The number of rotatable bonds is 2. The fourth-order valence-electron chi connectivity index (χ4n) is 4.99. The van der Waals surface area contributed by atoms with Crippen LogP contribution in [0.1, 0.15) is 106 Å².